The van der Waals surface area contributed by atoms with Gasteiger partial charge in [0.15, 0.2) is 0 Å². The zero-order valence-corrected chi connectivity index (χ0v) is 11.7. The number of nitriles is 1. The molecule has 0 atom stereocenters. The zero-order valence-electron chi connectivity index (χ0n) is 11.7. The molecule has 0 saturated carbocycles. The molecule has 0 bridgehead atoms. The van der Waals surface area contributed by atoms with Crippen molar-refractivity contribution in [1.29, 1.82) is 5.26 Å². The highest BCUT2D eigenvalue weighted by Gasteiger charge is 2.21. The summed E-state index contributed by atoms with van der Waals surface area (Å²) >= 11 is 0. The Morgan fingerprint density at radius 1 is 1.28 bits per heavy atom. The molecule has 98 valence electrons. The monoisotopic (exact) mass is 246 g/mol. The fourth-order valence-corrected chi connectivity index (χ4v) is 1.58. The van der Waals surface area contributed by atoms with E-state index >= 15 is 0 Å². The Bertz CT molecular complexity index is 403. The van der Waals surface area contributed by atoms with E-state index in [4.69, 9.17) is 10.00 Å². The van der Waals surface area contributed by atoms with Crippen molar-refractivity contribution in [3.05, 3.63) is 29.8 Å². The number of likely N-dealkylation sites (N-methyl/N-ethyl adjacent to an activating group) is 1. The number of rotatable bonds is 6. The quantitative estimate of drug-likeness (QED) is 0.774. The molecule has 1 aromatic rings. The summed E-state index contributed by atoms with van der Waals surface area (Å²) < 4.78 is 5.40. The van der Waals surface area contributed by atoms with Crippen molar-refractivity contribution in [3.63, 3.8) is 0 Å². The summed E-state index contributed by atoms with van der Waals surface area (Å²) in [5.41, 5.74) is 0.852. The predicted octanol–water partition coefficient (Wildman–Crippen LogP) is 2.86. The second kappa shape index (κ2) is 6.42. The summed E-state index contributed by atoms with van der Waals surface area (Å²) in [6.45, 7) is 7.41. The largest absolute Gasteiger partial charge is 0.494 e. The van der Waals surface area contributed by atoms with Gasteiger partial charge >= 0.3 is 0 Å². The minimum Gasteiger partial charge on any atom is -0.494 e. The fourth-order valence-electron chi connectivity index (χ4n) is 1.58. The topological polar surface area (TPSA) is 36.3 Å². The van der Waals surface area contributed by atoms with Crippen LogP contribution in [0.4, 0.5) is 0 Å². The molecule has 1 aromatic carbocycles. The lowest BCUT2D eigenvalue weighted by molar-refractivity contribution is 0.214. The molecule has 0 unspecified atom stereocenters. The molecular weight excluding hydrogens is 224 g/mol. The molecule has 0 aliphatic heterocycles. The lowest BCUT2D eigenvalue weighted by Gasteiger charge is -2.28. The minimum absolute atomic E-state index is 0.411. The predicted molar refractivity (Wildman–Crippen MR) is 73.6 cm³/mol. The Morgan fingerprint density at radius 3 is 2.39 bits per heavy atom. The first-order valence-electron chi connectivity index (χ1n) is 6.34. The van der Waals surface area contributed by atoms with Gasteiger partial charge in [0.05, 0.1) is 12.7 Å². The van der Waals surface area contributed by atoms with Gasteiger partial charge < -0.3 is 4.74 Å². The Labute approximate surface area is 110 Å². The van der Waals surface area contributed by atoms with Crippen LogP contribution in [0.1, 0.15) is 26.3 Å². The highest BCUT2D eigenvalue weighted by atomic mass is 16.5. The summed E-state index contributed by atoms with van der Waals surface area (Å²) in [5, 5.41) is 9.05. The summed E-state index contributed by atoms with van der Waals surface area (Å²) in [6.07, 6.45) is 0.939. The van der Waals surface area contributed by atoms with Gasteiger partial charge in [0.25, 0.3) is 0 Å². The lowest BCUT2D eigenvalue weighted by atomic mass is 10.0. The molecule has 0 N–H and O–H groups in total. The third-order valence-electron chi connectivity index (χ3n) is 3.20. The van der Waals surface area contributed by atoms with Crippen molar-refractivity contribution in [3.8, 4) is 11.8 Å². The molecule has 0 aliphatic carbocycles. The number of ether oxygens (including phenoxy) is 1. The summed E-state index contributed by atoms with van der Waals surface area (Å²) in [4.78, 5) is 2.07. The molecule has 0 amide bonds. The van der Waals surface area contributed by atoms with E-state index in [9.17, 15) is 0 Å². The van der Waals surface area contributed by atoms with E-state index in [2.05, 4.69) is 23.1 Å². The number of hydrogen-bond acceptors (Lipinski definition) is 3. The van der Waals surface area contributed by atoms with E-state index in [-0.39, 0.29) is 0 Å². The molecule has 0 aromatic heterocycles. The molecular formula is C15H22N2O. The van der Waals surface area contributed by atoms with Gasteiger partial charge in [-0.3, -0.25) is 4.90 Å². The Balaban J connectivity index is 2.52. The first-order valence-corrected chi connectivity index (χ1v) is 6.34. The maximum Gasteiger partial charge on any atom is 0.119 e. The molecule has 0 radical (unpaired) electrons. The van der Waals surface area contributed by atoms with Crippen molar-refractivity contribution in [2.45, 2.75) is 32.7 Å². The fraction of sp³-hybridized carbons (Fsp3) is 0.533. The zero-order chi connectivity index (χ0) is 13.6. The van der Waals surface area contributed by atoms with Crippen LogP contribution in [0.2, 0.25) is 0 Å². The third kappa shape index (κ3) is 4.05. The van der Waals surface area contributed by atoms with E-state index in [1.54, 1.807) is 0 Å². The Hall–Kier alpha value is -1.53. The van der Waals surface area contributed by atoms with Crippen molar-refractivity contribution < 1.29 is 4.74 Å². The first kappa shape index (κ1) is 14.5. The molecule has 18 heavy (non-hydrogen) atoms. The van der Waals surface area contributed by atoms with Crippen molar-refractivity contribution in [2.24, 2.45) is 0 Å². The van der Waals surface area contributed by atoms with Gasteiger partial charge in [-0.15, -0.1) is 0 Å². The average molecular weight is 246 g/mol. The Morgan fingerprint density at radius 2 is 1.89 bits per heavy atom. The lowest BCUT2D eigenvalue weighted by Crippen LogP contribution is -2.40. The van der Waals surface area contributed by atoms with Gasteiger partial charge in [0.1, 0.15) is 11.3 Å². The molecule has 3 heteroatoms. The Kier molecular flexibility index (Phi) is 5.18. The standard InChI is InChI=1S/C15H22N2O/c1-5-18-14-8-6-13(7-9-14)10-11-17(4)15(2,3)12-16/h6-9H,5,10-11H2,1-4H3. The van der Waals surface area contributed by atoms with Crippen LogP contribution in [-0.4, -0.2) is 30.6 Å². The number of hydrogen-bond donors (Lipinski definition) is 0. The van der Waals surface area contributed by atoms with E-state index in [1.165, 1.54) is 5.56 Å². The van der Waals surface area contributed by atoms with Crippen LogP contribution in [0.25, 0.3) is 0 Å². The molecule has 0 fully saturated rings. The highest BCUT2D eigenvalue weighted by molar-refractivity contribution is 5.27. The van der Waals surface area contributed by atoms with Gasteiger partial charge in [-0.25, -0.2) is 0 Å². The van der Waals surface area contributed by atoms with E-state index in [0.29, 0.717) is 6.61 Å². The highest BCUT2D eigenvalue weighted by Crippen LogP contribution is 2.15. The van der Waals surface area contributed by atoms with Gasteiger partial charge in [0.2, 0.25) is 0 Å². The molecule has 0 heterocycles. The minimum atomic E-state index is -0.411. The van der Waals surface area contributed by atoms with E-state index in [0.717, 1.165) is 18.7 Å². The molecule has 0 saturated heterocycles. The van der Waals surface area contributed by atoms with Crippen LogP contribution in [0.3, 0.4) is 0 Å². The third-order valence-corrected chi connectivity index (χ3v) is 3.20. The van der Waals surface area contributed by atoms with Crippen LogP contribution >= 0.6 is 0 Å². The van der Waals surface area contributed by atoms with Gasteiger partial charge in [-0.2, -0.15) is 5.26 Å². The number of nitrogens with zero attached hydrogens (tertiary/aromatic N) is 2. The normalized spacial score (nSPS) is 11.3. The van der Waals surface area contributed by atoms with Crippen LogP contribution in [0.15, 0.2) is 24.3 Å². The maximum atomic E-state index is 9.05. The first-order chi connectivity index (χ1) is 8.49. The van der Waals surface area contributed by atoms with E-state index in [1.807, 2.05) is 40.0 Å². The molecule has 0 aliphatic rings. The summed E-state index contributed by atoms with van der Waals surface area (Å²) in [6, 6.07) is 10.5. The van der Waals surface area contributed by atoms with Gasteiger partial charge in [-0.1, -0.05) is 12.1 Å². The second-order valence-corrected chi connectivity index (χ2v) is 4.92. The van der Waals surface area contributed by atoms with Gasteiger partial charge in [-0.05, 0) is 51.9 Å². The van der Waals surface area contributed by atoms with Crippen LogP contribution < -0.4 is 4.74 Å². The SMILES string of the molecule is CCOc1ccc(CCN(C)C(C)(C)C#N)cc1. The second-order valence-electron chi connectivity index (χ2n) is 4.92. The van der Waals surface area contributed by atoms with Gasteiger partial charge in [0, 0.05) is 6.54 Å². The van der Waals surface area contributed by atoms with Crippen LogP contribution in [0, 0.1) is 11.3 Å². The summed E-state index contributed by atoms with van der Waals surface area (Å²) in [7, 11) is 1.98. The van der Waals surface area contributed by atoms with Crippen LogP contribution in [-0.2, 0) is 6.42 Å². The van der Waals surface area contributed by atoms with Crippen molar-refractivity contribution in [2.75, 3.05) is 20.2 Å². The summed E-state index contributed by atoms with van der Waals surface area (Å²) in [5.74, 6) is 0.909. The molecule has 0 spiro atoms. The number of benzene rings is 1. The average Bonchev–Trinajstić information content (AvgIpc) is 2.38. The van der Waals surface area contributed by atoms with Crippen molar-refractivity contribution in [1.82, 2.24) is 4.90 Å². The molecule has 1 rings (SSSR count). The van der Waals surface area contributed by atoms with E-state index < -0.39 is 5.54 Å². The van der Waals surface area contributed by atoms with Crippen molar-refractivity contribution >= 4 is 0 Å². The van der Waals surface area contributed by atoms with Crippen LogP contribution in [0.5, 0.6) is 5.75 Å². The maximum absolute atomic E-state index is 9.05. The smallest absolute Gasteiger partial charge is 0.119 e. The molecule has 3 nitrogen and oxygen atoms in total.